The molecule has 2 nitrogen and oxygen atoms in total. The van der Waals surface area contributed by atoms with Gasteiger partial charge in [-0.3, -0.25) is 4.79 Å². The van der Waals surface area contributed by atoms with E-state index in [0.29, 0.717) is 0 Å². The molecule has 0 aliphatic carbocycles. The first kappa shape index (κ1) is 19.0. The first-order valence-corrected chi connectivity index (χ1v) is 9.41. The van der Waals surface area contributed by atoms with Gasteiger partial charge in [0.2, 0.25) is 5.91 Å². The van der Waals surface area contributed by atoms with Crippen LogP contribution in [0.4, 0.5) is 0 Å². The highest BCUT2D eigenvalue weighted by molar-refractivity contribution is 7.81. The van der Waals surface area contributed by atoms with Crippen molar-refractivity contribution in [1.29, 1.82) is 0 Å². The minimum absolute atomic E-state index is 0.0596. The van der Waals surface area contributed by atoms with E-state index in [1.165, 1.54) is 0 Å². The minimum Gasteiger partial charge on any atom is -0.345 e. The molecule has 136 valence electrons. The number of rotatable bonds is 6. The fourth-order valence-electron chi connectivity index (χ4n) is 3.17. The van der Waals surface area contributed by atoms with Gasteiger partial charge in [0.15, 0.2) is 0 Å². The number of carbonyl (C=O) groups is 1. The Bertz CT molecular complexity index is 865. The van der Waals surface area contributed by atoms with Gasteiger partial charge in [-0.1, -0.05) is 103 Å². The number of hydrogen-bond acceptors (Lipinski definition) is 2. The molecule has 3 aromatic carbocycles. The lowest BCUT2D eigenvalue weighted by atomic mass is 9.88. The quantitative estimate of drug-likeness (QED) is 0.479. The zero-order valence-electron chi connectivity index (χ0n) is 15.6. The molecule has 0 bridgehead atoms. The summed E-state index contributed by atoms with van der Waals surface area (Å²) < 4.78 is 0. The van der Waals surface area contributed by atoms with Crippen LogP contribution >= 0.6 is 12.2 Å². The van der Waals surface area contributed by atoms with E-state index in [0.717, 1.165) is 21.6 Å². The molecule has 0 spiro atoms. The van der Waals surface area contributed by atoms with Crippen molar-refractivity contribution in [3.8, 4) is 0 Å². The van der Waals surface area contributed by atoms with Gasteiger partial charge in [0.25, 0.3) is 0 Å². The van der Waals surface area contributed by atoms with Crippen LogP contribution in [0.1, 0.15) is 36.5 Å². The van der Waals surface area contributed by atoms with Crippen LogP contribution in [0.15, 0.2) is 91.0 Å². The monoisotopic (exact) mass is 373 g/mol. The molecule has 27 heavy (non-hydrogen) atoms. The number of hydrogen-bond donors (Lipinski definition) is 1. The third-order valence-electron chi connectivity index (χ3n) is 4.57. The Kier molecular flexibility index (Phi) is 5.82. The van der Waals surface area contributed by atoms with E-state index in [2.05, 4.69) is 5.32 Å². The van der Waals surface area contributed by atoms with Crippen molar-refractivity contribution in [3.63, 3.8) is 0 Å². The molecule has 0 unspecified atom stereocenters. The number of amides is 1. The second-order valence-corrected chi connectivity index (χ2v) is 7.47. The smallest absolute Gasteiger partial charge is 0.232 e. The molecule has 1 N–H and O–H groups in total. The maximum Gasteiger partial charge on any atom is 0.232 e. The molecule has 1 amide bonds. The highest BCUT2D eigenvalue weighted by atomic mass is 32.1. The lowest BCUT2D eigenvalue weighted by Gasteiger charge is -2.30. The lowest BCUT2D eigenvalue weighted by Crippen LogP contribution is -2.51. The van der Waals surface area contributed by atoms with Crippen molar-refractivity contribution in [3.05, 3.63) is 108 Å². The van der Waals surface area contributed by atoms with Crippen molar-refractivity contribution < 1.29 is 4.79 Å². The Morgan fingerprint density at radius 3 is 1.63 bits per heavy atom. The van der Waals surface area contributed by atoms with E-state index >= 15 is 0 Å². The average Bonchev–Trinajstić information content (AvgIpc) is 2.69. The molecule has 0 saturated carbocycles. The lowest BCUT2D eigenvalue weighted by molar-refractivity contribution is -0.122. The van der Waals surface area contributed by atoms with E-state index in [9.17, 15) is 4.79 Å². The first-order chi connectivity index (χ1) is 13.0. The van der Waals surface area contributed by atoms with E-state index in [4.69, 9.17) is 12.2 Å². The SMILES string of the molecule is CC(C)(NC(=O)C(c1ccccc1)c1ccccc1)C(=S)c1ccccc1. The van der Waals surface area contributed by atoms with Crippen LogP contribution in [0.3, 0.4) is 0 Å². The number of nitrogens with one attached hydrogen (secondary N) is 1. The van der Waals surface area contributed by atoms with Gasteiger partial charge in [-0.15, -0.1) is 0 Å². The summed E-state index contributed by atoms with van der Waals surface area (Å²) in [5.74, 6) is -0.444. The van der Waals surface area contributed by atoms with E-state index in [-0.39, 0.29) is 11.8 Å². The predicted molar refractivity (Wildman–Crippen MR) is 115 cm³/mol. The summed E-state index contributed by atoms with van der Waals surface area (Å²) in [5.41, 5.74) is 2.23. The van der Waals surface area contributed by atoms with Gasteiger partial charge in [-0.2, -0.15) is 0 Å². The highest BCUT2D eigenvalue weighted by Crippen LogP contribution is 2.26. The van der Waals surface area contributed by atoms with Crippen molar-refractivity contribution in [1.82, 2.24) is 5.32 Å². The maximum absolute atomic E-state index is 13.3. The first-order valence-electron chi connectivity index (χ1n) is 9.01. The van der Waals surface area contributed by atoms with Gasteiger partial charge in [0.1, 0.15) is 0 Å². The van der Waals surface area contributed by atoms with Gasteiger partial charge >= 0.3 is 0 Å². The summed E-state index contributed by atoms with van der Waals surface area (Å²) in [6.45, 7) is 3.90. The standard InChI is InChI=1S/C24H23NOS/c1-24(2,22(27)20-16-10-5-11-17-20)25-23(26)21(18-12-6-3-7-13-18)19-14-8-4-9-15-19/h3-17,21H,1-2H3,(H,25,26). The summed E-state index contributed by atoms with van der Waals surface area (Å²) in [6.07, 6.45) is 0. The fraction of sp³-hybridized carbons (Fsp3) is 0.167. The van der Waals surface area contributed by atoms with E-state index < -0.39 is 5.54 Å². The predicted octanol–water partition coefficient (Wildman–Crippen LogP) is 5.13. The molecule has 0 fully saturated rings. The summed E-state index contributed by atoms with van der Waals surface area (Å²) in [4.78, 5) is 14.0. The summed E-state index contributed by atoms with van der Waals surface area (Å²) in [7, 11) is 0. The summed E-state index contributed by atoms with van der Waals surface area (Å²) >= 11 is 5.68. The maximum atomic E-state index is 13.3. The number of thiocarbonyl (C=S) groups is 1. The van der Waals surface area contributed by atoms with Crippen molar-refractivity contribution in [2.75, 3.05) is 0 Å². The van der Waals surface area contributed by atoms with Crippen LogP contribution in [-0.2, 0) is 4.79 Å². The summed E-state index contributed by atoms with van der Waals surface area (Å²) in [5, 5.41) is 3.17. The molecule has 0 aliphatic rings. The zero-order chi connectivity index (χ0) is 19.3. The molecule has 0 aliphatic heterocycles. The molecule has 3 rings (SSSR count). The van der Waals surface area contributed by atoms with Crippen LogP contribution in [-0.4, -0.2) is 16.3 Å². The van der Waals surface area contributed by atoms with Crippen LogP contribution in [0, 0.1) is 0 Å². The van der Waals surface area contributed by atoms with E-state index in [1.807, 2.05) is 105 Å². The van der Waals surface area contributed by atoms with Crippen LogP contribution in [0.2, 0.25) is 0 Å². The van der Waals surface area contributed by atoms with Gasteiger partial charge in [0.05, 0.1) is 11.5 Å². The third kappa shape index (κ3) is 4.50. The van der Waals surface area contributed by atoms with Gasteiger partial charge in [-0.25, -0.2) is 0 Å². The molecule has 0 atom stereocenters. The summed E-state index contributed by atoms with van der Waals surface area (Å²) in [6, 6.07) is 29.5. The Morgan fingerprint density at radius 1 is 0.778 bits per heavy atom. The van der Waals surface area contributed by atoms with Crippen LogP contribution in [0.25, 0.3) is 0 Å². The second kappa shape index (κ2) is 8.28. The molecular weight excluding hydrogens is 350 g/mol. The van der Waals surface area contributed by atoms with Crippen LogP contribution < -0.4 is 5.32 Å². The molecule has 3 heteroatoms. The largest absolute Gasteiger partial charge is 0.345 e. The fourth-order valence-corrected chi connectivity index (χ4v) is 3.36. The van der Waals surface area contributed by atoms with Crippen LogP contribution in [0.5, 0.6) is 0 Å². The van der Waals surface area contributed by atoms with Gasteiger partial charge in [0, 0.05) is 4.86 Å². The Labute approximate surface area is 166 Å². The molecule has 0 heterocycles. The molecule has 3 aromatic rings. The van der Waals surface area contributed by atoms with E-state index in [1.54, 1.807) is 0 Å². The molecular formula is C24H23NOS. The van der Waals surface area contributed by atoms with Crippen molar-refractivity contribution >= 4 is 23.0 Å². The van der Waals surface area contributed by atoms with Gasteiger partial charge in [-0.05, 0) is 30.5 Å². The second-order valence-electron chi connectivity index (χ2n) is 7.06. The zero-order valence-corrected chi connectivity index (χ0v) is 16.4. The highest BCUT2D eigenvalue weighted by Gasteiger charge is 2.31. The Balaban J connectivity index is 1.90. The van der Waals surface area contributed by atoms with Gasteiger partial charge < -0.3 is 5.32 Å². The normalized spacial score (nSPS) is 11.2. The Morgan fingerprint density at radius 2 is 1.19 bits per heavy atom. The molecule has 0 saturated heterocycles. The average molecular weight is 374 g/mol. The minimum atomic E-state index is -0.643. The van der Waals surface area contributed by atoms with Crippen molar-refractivity contribution in [2.24, 2.45) is 0 Å². The third-order valence-corrected chi connectivity index (χ3v) is 5.31. The molecule has 0 aromatic heterocycles. The topological polar surface area (TPSA) is 29.1 Å². The molecule has 0 radical (unpaired) electrons. The number of benzene rings is 3. The Hall–Kier alpha value is -2.78. The number of carbonyl (C=O) groups excluding carboxylic acids is 1. The van der Waals surface area contributed by atoms with Crippen molar-refractivity contribution in [2.45, 2.75) is 25.3 Å².